The molecule has 0 saturated heterocycles. The predicted molar refractivity (Wildman–Crippen MR) is 58.5 cm³/mol. The topological polar surface area (TPSA) is 80.4 Å². The molecule has 0 aromatic heterocycles. The lowest BCUT2D eigenvalue weighted by molar-refractivity contribution is -0.138. The number of aliphatic carboxylic acids is 1. The third-order valence-electron chi connectivity index (χ3n) is 2.11. The van der Waals surface area contributed by atoms with Gasteiger partial charge in [-0.2, -0.15) is 0 Å². The summed E-state index contributed by atoms with van der Waals surface area (Å²) in [6.07, 6.45) is 0.495. The molecule has 2 rings (SSSR count). The molecule has 1 unspecified atom stereocenters. The molecule has 2 aromatic carbocycles. The fraction of sp³-hybridized carbons (Fsp3) is 0.273. The van der Waals surface area contributed by atoms with E-state index in [0.29, 0.717) is 6.42 Å². The van der Waals surface area contributed by atoms with Crippen LogP contribution < -0.4 is 11.2 Å². The fourth-order valence-corrected chi connectivity index (χ4v) is 1.01. The number of fused-ring (bicyclic) bond motifs is 1. The highest BCUT2D eigenvalue weighted by Gasteiger charge is 2.07. The summed E-state index contributed by atoms with van der Waals surface area (Å²) in [6.45, 7) is 1.73. The van der Waals surface area contributed by atoms with Gasteiger partial charge in [-0.3, -0.25) is 9.59 Å². The van der Waals surface area contributed by atoms with Gasteiger partial charge in [0.15, 0.2) is 5.43 Å². The summed E-state index contributed by atoms with van der Waals surface area (Å²) < 4.78 is 0. The van der Waals surface area contributed by atoms with Crippen molar-refractivity contribution < 1.29 is 9.90 Å². The monoisotopic (exact) mass is 207 g/mol. The van der Waals surface area contributed by atoms with Gasteiger partial charge in [0, 0.05) is 10.8 Å². The Bertz CT molecular complexity index is 438. The quantitative estimate of drug-likeness (QED) is 0.766. The number of benzene rings is 1. The largest absolute Gasteiger partial charge is 0.480 e. The lowest BCUT2D eigenvalue weighted by atomic mass is 10.2. The van der Waals surface area contributed by atoms with E-state index in [-0.39, 0.29) is 5.43 Å². The van der Waals surface area contributed by atoms with E-state index < -0.39 is 12.0 Å². The first-order chi connectivity index (χ1) is 7.07. The molecule has 0 bridgehead atoms. The zero-order valence-corrected chi connectivity index (χ0v) is 8.43. The molecule has 15 heavy (non-hydrogen) atoms. The Morgan fingerprint density at radius 1 is 1.40 bits per heavy atom. The first kappa shape index (κ1) is 11.4. The lowest BCUT2D eigenvalue weighted by Crippen LogP contribution is -2.28. The first-order valence-electron chi connectivity index (χ1n) is 4.70. The Hall–Kier alpha value is -1.68. The highest BCUT2D eigenvalue weighted by Crippen LogP contribution is 2.11. The molecule has 0 aliphatic rings. The molecule has 4 nitrogen and oxygen atoms in total. The molecule has 0 radical (unpaired) electrons. The minimum atomic E-state index is -0.928. The normalized spacial score (nSPS) is 12.1. The molecule has 3 N–H and O–H groups in total. The maximum Gasteiger partial charge on any atom is 0.320 e. The standard InChI is InChI=1S/C7H4O.C4H9NO2/c8-7-5-3-1-2-4-6(5)7;1-2-3(5)4(6)7/h1-4H;3H,2,5H2,1H3,(H,6,7). The van der Waals surface area contributed by atoms with Crippen LogP contribution in [-0.2, 0) is 4.79 Å². The number of hydrogen-bond donors (Lipinski definition) is 2. The van der Waals surface area contributed by atoms with E-state index in [1.54, 1.807) is 6.92 Å². The summed E-state index contributed by atoms with van der Waals surface area (Å²) >= 11 is 0. The van der Waals surface area contributed by atoms with Crippen LogP contribution in [0.25, 0.3) is 10.8 Å². The Kier molecular flexibility index (Phi) is 3.57. The van der Waals surface area contributed by atoms with Gasteiger partial charge in [-0.15, -0.1) is 0 Å². The molecular formula is C11H13NO3. The molecular weight excluding hydrogens is 194 g/mol. The van der Waals surface area contributed by atoms with Gasteiger partial charge in [0.1, 0.15) is 6.04 Å². The average Bonchev–Trinajstić information content (AvgIpc) is 2.90. The minimum Gasteiger partial charge on any atom is -0.480 e. The van der Waals surface area contributed by atoms with Crippen LogP contribution in [0.2, 0.25) is 0 Å². The SMILES string of the molecule is CCC(N)C(=O)O.O=c1c2ccccc12. The number of carbonyl (C=O) groups is 1. The Morgan fingerprint density at radius 2 is 1.87 bits per heavy atom. The first-order valence-corrected chi connectivity index (χ1v) is 4.70. The molecule has 0 aliphatic heterocycles. The molecule has 0 saturated carbocycles. The number of nitrogens with two attached hydrogens (primary N) is 1. The van der Waals surface area contributed by atoms with Gasteiger partial charge in [-0.05, 0) is 6.42 Å². The Morgan fingerprint density at radius 3 is 2.07 bits per heavy atom. The summed E-state index contributed by atoms with van der Waals surface area (Å²) in [5, 5.41) is 9.85. The minimum absolute atomic E-state index is 0.218. The van der Waals surface area contributed by atoms with Crippen LogP contribution in [0, 0.1) is 0 Å². The molecule has 2 aromatic rings. The van der Waals surface area contributed by atoms with E-state index >= 15 is 0 Å². The van der Waals surface area contributed by atoms with Crippen molar-refractivity contribution in [3.63, 3.8) is 0 Å². The average molecular weight is 207 g/mol. The van der Waals surface area contributed by atoms with Crippen molar-refractivity contribution in [2.24, 2.45) is 5.73 Å². The van der Waals surface area contributed by atoms with Crippen molar-refractivity contribution in [3.05, 3.63) is 34.5 Å². The molecule has 0 amide bonds. The van der Waals surface area contributed by atoms with Crippen LogP contribution in [0.15, 0.2) is 29.1 Å². The van der Waals surface area contributed by atoms with Gasteiger partial charge in [-0.25, -0.2) is 0 Å². The van der Waals surface area contributed by atoms with E-state index in [1.165, 1.54) is 0 Å². The highest BCUT2D eigenvalue weighted by atomic mass is 16.4. The summed E-state index contributed by atoms with van der Waals surface area (Å²) in [7, 11) is 0. The summed E-state index contributed by atoms with van der Waals surface area (Å²) in [5.41, 5.74) is 5.23. The molecule has 1 atom stereocenters. The van der Waals surface area contributed by atoms with Gasteiger partial charge < -0.3 is 10.8 Å². The molecule has 0 fully saturated rings. The molecule has 4 heteroatoms. The highest BCUT2D eigenvalue weighted by molar-refractivity contribution is 5.96. The van der Waals surface area contributed by atoms with Gasteiger partial charge in [-0.1, -0.05) is 31.2 Å². The van der Waals surface area contributed by atoms with Crippen LogP contribution in [0.5, 0.6) is 0 Å². The number of hydrogen-bond acceptors (Lipinski definition) is 3. The Labute approximate surface area is 87.0 Å². The van der Waals surface area contributed by atoms with E-state index in [4.69, 9.17) is 10.8 Å². The van der Waals surface area contributed by atoms with Crippen molar-refractivity contribution in [2.45, 2.75) is 19.4 Å². The zero-order valence-electron chi connectivity index (χ0n) is 8.43. The zero-order chi connectivity index (χ0) is 11.4. The maximum atomic E-state index is 10.5. The fourth-order valence-electron chi connectivity index (χ4n) is 1.01. The third kappa shape index (κ3) is 2.89. The summed E-state index contributed by atoms with van der Waals surface area (Å²) in [4.78, 5) is 20.3. The van der Waals surface area contributed by atoms with E-state index in [0.717, 1.165) is 10.8 Å². The van der Waals surface area contributed by atoms with Crippen molar-refractivity contribution in [1.29, 1.82) is 0 Å². The molecule has 80 valence electrons. The van der Waals surface area contributed by atoms with Crippen molar-refractivity contribution in [2.75, 3.05) is 0 Å². The number of carboxylic acids is 1. The van der Waals surface area contributed by atoms with Gasteiger partial charge in [0.2, 0.25) is 0 Å². The van der Waals surface area contributed by atoms with Gasteiger partial charge in [0.25, 0.3) is 0 Å². The second-order valence-corrected chi connectivity index (χ2v) is 3.23. The van der Waals surface area contributed by atoms with Gasteiger partial charge >= 0.3 is 5.97 Å². The Balaban J connectivity index is 0.000000153. The van der Waals surface area contributed by atoms with Crippen LogP contribution in [0.3, 0.4) is 0 Å². The van der Waals surface area contributed by atoms with E-state index in [9.17, 15) is 9.59 Å². The van der Waals surface area contributed by atoms with Crippen LogP contribution in [0.4, 0.5) is 0 Å². The second-order valence-electron chi connectivity index (χ2n) is 3.23. The maximum absolute atomic E-state index is 10.5. The number of carboxylic acid groups (broad SMARTS) is 1. The van der Waals surface area contributed by atoms with Gasteiger partial charge in [0.05, 0.1) is 0 Å². The van der Waals surface area contributed by atoms with Crippen molar-refractivity contribution in [1.82, 2.24) is 0 Å². The van der Waals surface area contributed by atoms with Crippen LogP contribution >= 0.6 is 0 Å². The van der Waals surface area contributed by atoms with Crippen LogP contribution in [-0.4, -0.2) is 17.1 Å². The van der Waals surface area contributed by atoms with E-state index in [2.05, 4.69) is 0 Å². The van der Waals surface area contributed by atoms with Crippen LogP contribution in [0.1, 0.15) is 13.3 Å². The third-order valence-corrected chi connectivity index (χ3v) is 2.11. The summed E-state index contributed by atoms with van der Waals surface area (Å²) in [6, 6.07) is 6.77. The van der Waals surface area contributed by atoms with Crippen molar-refractivity contribution >= 4 is 16.7 Å². The molecule has 0 spiro atoms. The molecule has 0 heterocycles. The number of rotatable bonds is 2. The lowest BCUT2D eigenvalue weighted by Gasteiger charge is -1.97. The second kappa shape index (κ2) is 4.70. The smallest absolute Gasteiger partial charge is 0.320 e. The molecule has 0 aliphatic carbocycles. The predicted octanol–water partition coefficient (Wildman–Crippen LogP) is 0.884. The summed E-state index contributed by atoms with van der Waals surface area (Å²) in [5.74, 6) is -0.928. The van der Waals surface area contributed by atoms with Crippen molar-refractivity contribution in [3.8, 4) is 0 Å². The van der Waals surface area contributed by atoms with E-state index in [1.807, 2.05) is 24.3 Å².